The summed E-state index contributed by atoms with van der Waals surface area (Å²) < 4.78 is 10.4. The van der Waals surface area contributed by atoms with E-state index in [0.29, 0.717) is 19.6 Å². The molecule has 94 valence electrons. The second-order valence-corrected chi connectivity index (χ2v) is 4.43. The predicted octanol–water partition coefficient (Wildman–Crippen LogP) is 1.33. The summed E-state index contributed by atoms with van der Waals surface area (Å²) in [4.78, 5) is 13.2. The fraction of sp³-hybridized carbons (Fsp3) is 0.583. The van der Waals surface area contributed by atoms with Crippen molar-refractivity contribution in [3.8, 4) is 0 Å². The fourth-order valence-corrected chi connectivity index (χ4v) is 2.36. The van der Waals surface area contributed by atoms with E-state index in [4.69, 9.17) is 14.9 Å². The Morgan fingerprint density at radius 2 is 2.35 bits per heavy atom. The Kier molecular flexibility index (Phi) is 3.38. The van der Waals surface area contributed by atoms with Crippen LogP contribution in [0.3, 0.4) is 0 Å². The van der Waals surface area contributed by atoms with Gasteiger partial charge in [-0.15, -0.1) is 0 Å². The lowest BCUT2D eigenvalue weighted by Crippen LogP contribution is -2.29. The molecule has 1 fully saturated rings. The molecule has 0 bridgehead atoms. The minimum atomic E-state index is -0.297. The molecule has 2 unspecified atom stereocenters. The van der Waals surface area contributed by atoms with Crippen LogP contribution in [-0.4, -0.2) is 37.7 Å². The van der Waals surface area contributed by atoms with Crippen molar-refractivity contribution in [1.29, 1.82) is 0 Å². The zero-order chi connectivity index (χ0) is 12.4. The third kappa shape index (κ3) is 2.29. The van der Waals surface area contributed by atoms with Crippen LogP contribution in [0, 0.1) is 12.8 Å². The molecule has 1 aromatic rings. The van der Waals surface area contributed by atoms with Gasteiger partial charge in [0.1, 0.15) is 11.5 Å². The van der Waals surface area contributed by atoms with Crippen LogP contribution in [0.4, 0.5) is 4.79 Å². The molecule has 0 spiro atoms. The Morgan fingerprint density at radius 3 is 2.88 bits per heavy atom. The molecule has 0 radical (unpaired) electrons. The van der Waals surface area contributed by atoms with Crippen molar-refractivity contribution in [2.24, 2.45) is 11.7 Å². The molecule has 0 aliphatic carbocycles. The number of methoxy groups -OCH3 is 1. The molecule has 5 heteroatoms. The normalized spacial score (nSPS) is 24.1. The van der Waals surface area contributed by atoms with E-state index in [0.717, 1.165) is 11.5 Å². The van der Waals surface area contributed by atoms with Gasteiger partial charge in [0, 0.05) is 24.9 Å². The number of carbonyl (C=O) groups excluding carboxylic acids is 1. The lowest BCUT2D eigenvalue weighted by molar-refractivity contribution is 0.131. The number of nitrogens with zero attached hydrogens (tertiary/aromatic N) is 1. The number of hydrogen-bond donors (Lipinski definition) is 1. The largest absolute Gasteiger partial charge is 0.466 e. The van der Waals surface area contributed by atoms with Crippen molar-refractivity contribution < 1.29 is 13.9 Å². The molecule has 2 atom stereocenters. The van der Waals surface area contributed by atoms with E-state index in [2.05, 4.69) is 0 Å². The first kappa shape index (κ1) is 12.0. The zero-order valence-electron chi connectivity index (χ0n) is 10.2. The number of ether oxygens (including phenoxy) is 1. The van der Waals surface area contributed by atoms with E-state index in [1.54, 1.807) is 4.90 Å². The quantitative estimate of drug-likeness (QED) is 0.844. The average molecular weight is 238 g/mol. The highest BCUT2D eigenvalue weighted by Crippen LogP contribution is 2.33. The Labute approximate surface area is 101 Å². The first-order chi connectivity index (χ1) is 8.15. The summed E-state index contributed by atoms with van der Waals surface area (Å²) in [7, 11) is 1.39. The number of nitrogens with two attached hydrogens (primary N) is 1. The molecule has 2 heterocycles. The van der Waals surface area contributed by atoms with E-state index in [-0.39, 0.29) is 17.9 Å². The third-order valence-electron chi connectivity index (χ3n) is 3.30. The Hall–Kier alpha value is -1.49. The van der Waals surface area contributed by atoms with Gasteiger partial charge in [-0.25, -0.2) is 4.79 Å². The summed E-state index contributed by atoms with van der Waals surface area (Å²) in [5, 5.41) is 0. The van der Waals surface area contributed by atoms with Crippen LogP contribution in [0.1, 0.15) is 17.4 Å². The van der Waals surface area contributed by atoms with Gasteiger partial charge in [0.15, 0.2) is 0 Å². The molecule has 5 nitrogen and oxygen atoms in total. The monoisotopic (exact) mass is 238 g/mol. The lowest BCUT2D eigenvalue weighted by atomic mass is 9.94. The molecule has 0 saturated carbocycles. The highest BCUT2D eigenvalue weighted by atomic mass is 16.5. The average Bonchev–Trinajstić information content (AvgIpc) is 2.93. The molecular weight excluding hydrogens is 220 g/mol. The van der Waals surface area contributed by atoms with E-state index in [9.17, 15) is 4.79 Å². The summed E-state index contributed by atoms with van der Waals surface area (Å²) in [6.45, 7) is 3.70. The standard InChI is InChI=1S/C12H18N2O3/c1-8-3-4-11(17-8)10-7-14(12(15)16-2)6-9(10)5-13/h3-4,9-10H,5-7,13H2,1-2H3. The van der Waals surface area contributed by atoms with Gasteiger partial charge in [-0.05, 0) is 25.6 Å². The van der Waals surface area contributed by atoms with Gasteiger partial charge in [-0.1, -0.05) is 0 Å². The molecule has 1 aliphatic heterocycles. The summed E-state index contributed by atoms with van der Waals surface area (Å²) in [5.41, 5.74) is 5.75. The predicted molar refractivity (Wildman–Crippen MR) is 62.7 cm³/mol. The number of hydrogen-bond acceptors (Lipinski definition) is 4. The molecule has 1 aromatic heterocycles. The maximum Gasteiger partial charge on any atom is 0.409 e. The number of aryl methyl sites for hydroxylation is 1. The van der Waals surface area contributed by atoms with E-state index in [1.807, 2.05) is 19.1 Å². The molecule has 0 aromatic carbocycles. The Bertz CT molecular complexity index is 402. The third-order valence-corrected chi connectivity index (χ3v) is 3.30. The van der Waals surface area contributed by atoms with Crippen LogP contribution in [0.5, 0.6) is 0 Å². The van der Waals surface area contributed by atoms with Crippen molar-refractivity contribution in [1.82, 2.24) is 4.90 Å². The van der Waals surface area contributed by atoms with Gasteiger partial charge < -0.3 is 19.8 Å². The van der Waals surface area contributed by atoms with Gasteiger partial charge in [-0.2, -0.15) is 0 Å². The molecule has 1 aliphatic rings. The van der Waals surface area contributed by atoms with Crippen LogP contribution in [-0.2, 0) is 4.74 Å². The smallest absolute Gasteiger partial charge is 0.409 e. The number of furan rings is 1. The van der Waals surface area contributed by atoms with Crippen LogP contribution < -0.4 is 5.73 Å². The van der Waals surface area contributed by atoms with Gasteiger partial charge in [-0.3, -0.25) is 0 Å². The number of amides is 1. The van der Waals surface area contributed by atoms with Gasteiger partial charge in [0.25, 0.3) is 0 Å². The fourth-order valence-electron chi connectivity index (χ4n) is 2.36. The highest BCUT2D eigenvalue weighted by Gasteiger charge is 2.37. The van der Waals surface area contributed by atoms with Crippen molar-refractivity contribution in [2.75, 3.05) is 26.7 Å². The van der Waals surface area contributed by atoms with Crippen LogP contribution in [0.2, 0.25) is 0 Å². The van der Waals surface area contributed by atoms with E-state index >= 15 is 0 Å². The summed E-state index contributed by atoms with van der Waals surface area (Å²) in [5.74, 6) is 2.20. The van der Waals surface area contributed by atoms with Gasteiger partial charge >= 0.3 is 6.09 Å². The minimum absolute atomic E-state index is 0.174. The zero-order valence-corrected chi connectivity index (χ0v) is 10.2. The Morgan fingerprint density at radius 1 is 1.59 bits per heavy atom. The van der Waals surface area contributed by atoms with E-state index in [1.165, 1.54) is 7.11 Å². The topological polar surface area (TPSA) is 68.7 Å². The van der Waals surface area contributed by atoms with E-state index < -0.39 is 0 Å². The van der Waals surface area contributed by atoms with Crippen molar-refractivity contribution in [2.45, 2.75) is 12.8 Å². The van der Waals surface area contributed by atoms with Crippen molar-refractivity contribution >= 4 is 6.09 Å². The first-order valence-corrected chi connectivity index (χ1v) is 5.75. The SMILES string of the molecule is COC(=O)N1CC(CN)C(c2ccc(C)o2)C1. The number of carbonyl (C=O) groups is 1. The van der Waals surface area contributed by atoms with Gasteiger partial charge in [0.2, 0.25) is 0 Å². The molecule has 1 saturated heterocycles. The summed E-state index contributed by atoms with van der Waals surface area (Å²) in [6.07, 6.45) is -0.297. The second-order valence-electron chi connectivity index (χ2n) is 4.43. The minimum Gasteiger partial charge on any atom is -0.466 e. The van der Waals surface area contributed by atoms with Crippen LogP contribution in [0.25, 0.3) is 0 Å². The summed E-state index contributed by atoms with van der Waals surface area (Å²) in [6, 6.07) is 3.90. The van der Waals surface area contributed by atoms with Crippen molar-refractivity contribution in [3.05, 3.63) is 23.7 Å². The maximum absolute atomic E-state index is 11.5. The lowest BCUT2D eigenvalue weighted by Gasteiger charge is -2.13. The number of likely N-dealkylation sites (tertiary alicyclic amines) is 1. The van der Waals surface area contributed by atoms with Crippen LogP contribution in [0.15, 0.2) is 16.5 Å². The van der Waals surface area contributed by atoms with Gasteiger partial charge in [0.05, 0.1) is 7.11 Å². The highest BCUT2D eigenvalue weighted by molar-refractivity contribution is 5.68. The first-order valence-electron chi connectivity index (χ1n) is 5.75. The van der Waals surface area contributed by atoms with Crippen molar-refractivity contribution in [3.63, 3.8) is 0 Å². The maximum atomic E-state index is 11.5. The molecule has 1 amide bonds. The molecule has 2 rings (SSSR count). The second kappa shape index (κ2) is 4.79. The molecular formula is C12H18N2O3. The molecule has 17 heavy (non-hydrogen) atoms. The number of rotatable bonds is 2. The summed E-state index contributed by atoms with van der Waals surface area (Å²) >= 11 is 0. The molecule has 2 N–H and O–H groups in total. The Balaban J connectivity index is 2.14. The van der Waals surface area contributed by atoms with Crippen LogP contribution >= 0.6 is 0 Å².